The lowest BCUT2D eigenvalue weighted by molar-refractivity contribution is -0.255. The molecule has 0 unspecified atom stereocenters. The van der Waals surface area contributed by atoms with Crippen molar-refractivity contribution in [3.05, 3.63) is 34.9 Å². The van der Waals surface area contributed by atoms with E-state index in [0.29, 0.717) is 0 Å². The highest BCUT2D eigenvalue weighted by Crippen LogP contribution is 2.38. The maximum absolute atomic E-state index is 12.9. The third kappa shape index (κ3) is 2.30. The predicted octanol–water partition coefficient (Wildman–Crippen LogP) is 3.68. The molecule has 0 saturated carbocycles. The van der Waals surface area contributed by atoms with Gasteiger partial charge < -0.3 is 0 Å². The van der Waals surface area contributed by atoms with Crippen molar-refractivity contribution in [1.29, 1.82) is 0 Å². The van der Waals surface area contributed by atoms with Crippen molar-refractivity contribution in [2.24, 2.45) is 0 Å². The number of halogens is 5. The second-order valence-corrected chi connectivity index (χ2v) is 3.67. The van der Waals surface area contributed by atoms with Gasteiger partial charge in [0.15, 0.2) is 0 Å². The van der Waals surface area contributed by atoms with Crippen LogP contribution in [0.15, 0.2) is 18.2 Å². The minimum Gasteiger partial charge on any atom is -0.287 e. The zero-order valence-corrected chi connectivity index (χ0v) is 9.03. The molecule has 0 spiro atoms. The summed E-state index contributed by atoms with van der Waals surface area (Å²) in [4.78, 5) is 11.3. The average molecular weight is 252 g/mol. The molecule has 0 atom stereocenters. The Morgan fingerprint density at radius 3 is 1.76 bits per heavy atom. The van der Waals surface area contributed by atoms with Gasteiger partial charge in [0.25, 0.3) is 0 Å². The van der Waals surface area contributed by atoms with E-state index in [9.17, 15) is 26.7 Å². The van der Waals surface area contributed by atoms with Crippen molar-refractivity contribution < 1.29 is 26.7 Å². The van der Waals surface area contributed by atoms with Gasteiger partial charge in [0.1, 0.15) is 0 Å². The Hall–Kier alpha value is -1.46. The van der Waals surface area contributed by atoms with Gasteiger partial charge in [-0.3, -0.25) is 4.79 Å². The molecular formula is C11H9F5O. The Morgan fingerprint density at radius 1 is 1.00 bits per heavy atom. The van der Waals surface area contributed by atoms with E-state index < -0.39 is 23.4 Å². The van der Waals surface area contributed by atoms with Crippen LogP contribution in [0.3, 0.4) is 0 Å². The van der Waals surface area contributed by atoms with Gasteiger partial charge in [0.05, 0.1) is 0 Å². The van der Waals surface area contributed by atoms with Gasteiger partial charge in [-0.15, -0.1) is 0 Å². The monoisotopic (exact) mass is 252 g/mol. The van der Waals surface area contributed by atoms with Crippen LogP contribution in [0, 0.1) is 13.8 Å². The molecule has 0 aliphatic rings. The molecule has 1 rings (SSSR count). The molecule has 0 aliphatic carbocycles. The zero-order valence-electron chi connectivity index (χ0n) is 9.03. The molecule has 0 saturated heterocycles. The third-order valence-electron chi connectivity index (χ3n) is 2.35. The van der Waals surface area contributed by atoms with E-state index in [-0.39, 0.29) is 11.1 Å². The van der Waals surface area contributed by atoms with E-state index in [2.05, 4.69) is 0 Å². The fourth-order valence-electron chi connectivity index (χ4n) is 1.46. The molecule has 17 heavy (non-hydrogen) atoms. The topological polar surface area (TPSA) is 17.1 Å². The molecule has 0 N–H and O–H groups in total. The first kappa shape index (κ1) is 13.6. The Labute approximate surface area is 94.2 Å². The quantitative estimate of drug-likeness (QED) is 0.579. The van der Waals surface area contributed by atoms with Crippen LogP contribution in [0.4, 0.5) is 22.0 Å². The Kier molecular flexibility index (Phi) is 3.27. The Morgan fingerprint density at radius 2 is 1.41 bits per heavy atom. The summed E-state index contributed by atoms with van der Waals surface area (Å²) < 4.78 is 62.0. The first-order chi connectivity index (χ1) is 7.59. The van der Waals surface area contributed by atoms with E-state index >= 15 is 0 Å². The molecule has 0 radical (unpaired) electrons. The summed E-state index contributed by atoms with van der Waals surface area (Å²) in [6, 6.07) is 4.10. The highest BCUT2D eigenvalue weighted by Gasteiger charge is 2.63. The Balaban J connectivity index is 3.32. The molecule has 0 bridgehead atoms. The fourth-order valence-corrected chi connectivity index (χ4v) is 1.46. The maximum atomic E-state index is 12.9. The summed E-state index contributed by atoms with van der Waals surface area (Å²) in [5.41, 5.74) is -0.382. The summed E-state index contributed by atoms with van der Waals surface area (Å²) in [6.07, 6.45) is -5.88. The van der Waals surface area contributed by atoms with Crippen molar-refractivity contribution in [2.75, 3.05) is 0 Å². The van der Waals surface area contributed by atoms with Gasteiger partial charge in [-0.1, -0.05) is 18.2 Å². The van der Waals surface area contributed by atoms with Crippen molar-refractivity contribution in [1.82, 2.24) is 0 Å². The molecule has 1 aromatic carbocycles. The van der Waals surface area contributed by atoms with E-state index in [4.69, 9.17) is 0 Å². The van der Waals surface area contributed by atoms with Gasteiger partial charge in [-0.2, -0.15) is 22.0 Å². The second kappa shape index (κ2) is 4.09. The normalized spacial score (nSPS) is 12.6. The smallest absolute Gasteiger partial charge is 0.287 e. The summed E-state index contributed by atoms with van der Waals surface area (Å²) in [6.45, 7) is 2.62. The van der Waals surface area contributed by atoms with Crippen LogP contribution in [0.25, 0.3) is 0 Å². The van der Waals surface area contributed by atoms with Crippen LogP contribution in [-0.2, 0) is 0 Å². The maximum Gasteiger partial charge on any atom is 0.461 e. The third-order valence-corrected chi connectivity index (χ3v) is 2.35. The molecule has 1 nitrogen and oxygen atoms in total. The first-order valence-electron chi connectivity index (χ1n) is 4.64. The number of hydrogen-bond donors (Lipinski definition) is 0. The molecular weight excluding hydrogens is 243 g/mol. The molecule has 1 aromatic rings. The minimum absolute atomic E-state index is 0.0962. The van der Waals surface area contributed by atoms with Gasteiger partial charge in [-0.25, -0.2) is 0 Å². The van der Waals surface area contributed by atoms with E-state index in [0.717, 1.165) is 0 Å². The van der Waals surface area contributed by atoms with Crippen LogP contribution >= 0.6 is 0 Å². The number of carbonyl (C=O) groups excluding carboxylic acids is 1. The van der Waals surface area contributed by atoms with Crippen molar-refractivity contribution in [3.63, 3.8) is 0 Å². The number of ketones is 1. The number of alkyl halides is 5. The minimum atomic E-state index is -5.88. The van der Waals surface area contributed by atoms with Crippen molar-refractivity contribution in [3.8, 4) is 0 Å². The van der Waals surface area contributed by atoms with Gasteiger partial charge >= 0.3 is 12.1 Å². The van der Waals surface area contributed by atoms with Gasteiger partial charge in [0.2, 0.25) is 5.78 Å². The van der Waals surface area contributed by atoms with Crippen molar-refractivity contribution >= 4 is 5.78 Å². The standard InChI is InChI=1S/C11H9F5O/c1-6-4-3-5-7(2)8(6)9(17)10(12,13)11(14,15)16/h3-5H,1-2H3. The summed E-state index contributed by atoms with van der Waals surface area (Å²) in [7, 11) is 0. The summed E-state index contributed by atoms with van der Waals surface area (Å²) in [5.74, 6) is -7.57. The number of aryl methyl sites for hydroxylation is 2. The second-order valence-electron chi connectivity index (χ2n) is 3.67. The summed E-state index contributed by atoms with van der Waals surface area (Å²) in [5, 5.41) is 0. The van der Waals surface area contributed by atoms with Gasteiger partial charge in [0, 0.05) is 5.56 Å². The van der Waals surface area contributed by atoms with E-state index in [1.165, 1.54) is 32.0 Å². The molecule has 0 aliphatic heterocycles. The number of carbonyl (C=O) groups is 1. The molecule has 6 heteroatoms. The number of Topliss-reactive ketones (excluding diaryl/α,β-unsaturated/α-hetero) is 1. The largest absolute Gasteiger partial charge is 0.461 e. The van der Waals surface area contributed by atoms with Crippen LogP contribution < -0.4 is 0 Å². The highest BCUT2D eigenvalue weighted by molar-refractivity contribution is 6.04. The van der Waals surface area contributed by atoms with Crippen LogP contribution in [-0.4, -0.2) is 17.9 Å². The highest BCUT2D eigenvalue weighted by atomic mass is 19.4. The molecule has 0 heterocycles. The number of hydrogen-bond acceptors (Lipinski definition) is 1. The lowest BCUT2D eigenvalue weighted by atomic mass is 9.95. The molecule has 94 valence electrons. The van der Waals surface area contributed by atoms with E-state index in [1.807, 2.05) is 0 Å². The molecule has 0 amide bonds. The number of rotatable bonds is 2. The fraction of sp³-hybridized carbons (Fsp3) is 0.364. The summed E-state index contributed by atoms with van der Waals surface area (Å²) >= 11 is 0. The lowest BCUT2D eigenvalue weighted by Crippen LogP contribution is -2.44. The van der Waals surface area contributed by atoms with E-state index in [1.54, 1.807) is 0 Å². The molecule has 0 fully saturated rings. The van der Waals surface area contributed by atoms with Gasteiger partial charge in [-0.05, 0) is 25.0 Å². The SMILES string of the molecule is Cc1cccc(C)c1C(=O)C(F)(F)C(F)(F)F. The Bertz CT molecular complexity index is 427. The van der Waals surface area contributed by atoms with Crippen molar-refractivity contribution in [2.45, 2.75) is 25.9 Å². The average Bonchev–Trinajstić information content (AvgIpc) is 2.15. The van der Waals surface area contributed by atoms with Crippen LogP contribution in [0.1, 0.15) is 21.5 Å². The first-order valence-corrected chi connectivity index (χ1v) is 4.64. The number of benzene rings is 1. The predicted molar refractivity (Wildman–Crippen MR) is 51.2 cm³/mol. The molecule has 0 aromatic heterocycles. The van der Waals surface area contributed by atoms with Crippen LogP contribution in [0.5, 0.6) is 0 Å². The van der Waals surface area contributed by atoms with Crippen LogP contribution in [0.2, 0.25) is 0 Å². The zero-order chi connectivity index (χ0) is 13.4. The lowest BCUT2D eigenvalue weighted by Gasteiger charge is -2.20.